The van der Waals surface area contributed by atoms with Crippen molar-refractivity contribution in [2.24, 2.45) is 0 Å². The lowest BCUT2D eigenvalue weighted by molar-refractivity contribution is -0.131. The van der Waals surface area contributed by atoms with Crippen molar-refractivity contribution in [3.05, 3.63) is 36.5 Å². The predicted molar refractivity (Wildman–Crippen MR) is 93.4 cm³/mol. The lowest BCUT2D eigenvalue weighted by Gasteiger charge is -2.27. The smallest absolute Gasteiger partial charge is 0.442 e. The second-order valence-corrected chi connectivity index (χ2v) is 7.00. The highest BCUT2D eigenvalue weighted by atomic mass is 16.8. The number of hydrogen-bond donors (Lipinski definition) is 0. The average molecular weight is 339 g/mol. The second kappa shape index (κ2) is 9.27. The average Bonchev–Trinajstić information content (AvgIpc) is 2.38. The molecule has 0 aliphatic rings. The first-order chi connectivity index (χ1) is 10.9. The highest BCUT2D eigenvalue weighted by molar-refractivity contribution is 5.86. The van der Waals surface area contributed by atoms with Crippen LogP contribution in [0.3, 0.4) is 0 Å². The number of ether oxygens (including phenoxy) is 2. The molecule has 0 aromatic carbocycles. The van der Waals surface area contributed by atoms with Crippen LogP contribution in [0.4, 0.5) is 9.59 Å². The Kier molecular flexibility index (Phi) is 8.47. The van der Waals surface area contributed by atoms with Gasteiger partial charge >= 0.3 is 12.2 Å². The zero-order valence-corrected chi connectivity index (χ0v) is 15.7. The van der Waals surface area contributed by atoms with Gasteiger partial charge < -0.3 is 9.47 Å². The number of imide groups is 1. The quantitative estimate of drug-likeness (QED) is 0.533. The van der Waals surface area contributed by atoms with E-state index in [4.69, 9.17) is 14.3 Å². The van der Waals surface area contributed by atoms with Crippen molar-refractivity contribution in [2.75, 3.05) is 6.61 Å². The molecular formula is C18H29NO5. The van der Waals surface area contributed by atoms with Gasteiger partial charge in [-0.2, -0.15) is 0 Å². The molecule has 2 amide bonds. The molecule has 0 radical (unpaired) electrons. The Morgan fingerprint density at radius 3 is 1.79 bits per heavy atom. The molecular weight excluding hydrogens is 310 g/mol. The summed E-state index contributed by atoms with van der Waals surface area (Å²) < 4.78 is 10.4. The molecule has 0 aromatic rings. The standard InChI is InChI=1S/C18H29NO5/c1-9-11-12-14(10-2)13-22-19(15(20)23-17(3,4)5)16(21)24-18(6,7)8/h9-12H,2,13H2,1,3-8H3/b11-9-,14-12+. The zero-order chi connectivity index (χ0) is 19.0. The largest absolute Gasteiger partial charge is 0.444 e. The van der Waals surface area contributed by atoms with Gasteiger partial charge in [0.1, 0.15) is 17.8 Å². The molecule has 0 rings (SSSR count). The molecule has 0 fully saturated rings. The molecule has 0 aliphatic heterocycles. The normalized spacial score (nSPS) is 12.9. The SMILES string of the molecule is C=C/C(=C\C=C/C)CON(C(=O)OC(C)(C)C)C(=O)OC(C)(C)C. The van der Waals surface area contributed by atoms with Crippen LogP contribution in [0.15, 0.2) is 36.5 Å². The van der Waals surface area contributed by atoms with E-state index < -0.39 is 23.4 Å². The Balaban J connectivity index is 5.21. The maximum absolute atomic E-state index is 12.2. The van der Waals surface area contributed by atoms with E-state index in [1.165, 1.54) is 0 Å². The summed E-state index contributed by atoms with van der Waals surface area (Å²) in [5.41, 5.74) is -0.865. The van der Waals surface area contributed by atoms with E-state index in [1.807, 2.05) is 13.0 Å². The number of allylic oxidation sites excluding steroid dienone is 3. The minimum Gasteiger partial charge on any atom is -0.442 e. The van der Waals surface area contributed by atoms with Gasteiger partial charge in [-0.1, -0.05) is 35.9 Å². The number of rotatable bonds is 5. The van der Waals surface area contributed by atoms with Gasteiger partial charge in [0.05, 0.1) is 0 Å². The molecule has 0 N–H and O–H groups in total. The van der Waals surface area contributed by atoms with Crippen LogP contribution in [0.2, 0.25) is 0 Å². The topological polar surface area (TPSA) is 65.1 Å². The molecule has 0 spiro atoms. The van der Waals surface area contributed by atoms with Gasteiger partial charge in [-0.25, -0.2) is 9.59 Å². The molecule has 0 aliphatic carbocycles. The molecule has 0 heterocycles. The first kappa shape index (κ1) is 21.9. The number of amides is 2. The molecule has 0 atom stereocenters. The molecule has 0 saturated carbocycles. The molecule has 0 saturated heterocycles. The number of nitrogens with zero attached hydrogens (tertiary/aromatic N) is 1. The molecule has 6 nitrogen and oxygen atoms in total. The Labute approximate surface area is 144 Å². The van der Waals surface area contributed by atoms with E-state index in [0.717, 1.165) is 0 Å². The fourth-order valence-corrected chi connectivity index (χ4v) is 1.32. The Hall–Kier alpha value is -2.08. The van der Waals surface area contributed by atoms with E-state index in [2.05, 4.69) is 6.58 Å². The fraction of sp³-hybridized carbons (Fsp3) is 0.556. The summed E-state index contributed by atoms with van der Waals surface area (Å²) >= 11 is 0. The Bertz CT molecular complexity index is 478. The van der Waals surface area contributed by atoms with Crippen LogP contribution in [-0.4, -0.2) is 35.1 Å². The van der Waals surface area contributed by atoms with Crippen molar-refractivity contribution in [1.29, 1.82) is 0 Å². The summed E-state index contributed by atoms with van der Waals surface area (Å²) in [4.78, 5) is 29.8. The highest BCUT2D eigenvalue weighted by Gasteiger charge is 2.32. The second-order valence-electron chi connectivity index (χ2n) is 7.00. The van der Waals surface area contributed by atoms with Crippen LogP contribution in [0.5, 0.6) is 0 Å². The van der Waals surface area contributed by atoms with E-state index in [9.17, 15) is 9.59 Å². The first-order valence-corrected chi connectivity index (χ1v) is 7.73. The third kappa shape index (κ3) is 9.84. The van der Waals surface area contributed by atoms with Gasteiger partial charge in [0.2, 0.25) is 0 Å². The Morgan fingerprint density at radius 2 is 1.46 bits per heavy atom. The molecule has 0 aromatic heterocycles. The molecule has 6 heteroatoms. The van der Waals surface area contributed by atoms with Crippen molar-refractivity contribution in [1.82, 2.24) is 5.06 Å². The minimum atomic E-state index is -0.939. The lowest BCUT2D eigenvalue weighted by atomic mass is 10.2. The van der Waals surface area contributed by atoms with Gasteiger partial charge in [0.15, 0.2) is 0 Å². The van der Waals surface area contributed by atoms with Crippen molar-refractivity contribution in [2.45, 2.75) is 59.7 Å². The van der Waals surface area contributed by atoms with Gasteiger partial charge in [0, 0.05) is 0 Å². The highest BCUT2D eigenvalue weighted by Crippen LogP contribution is 2.15. The van der Waals surface area contributed by atoms with Gasteiger partial charge in [-0.3, -0.25) is 4.84 Å². The predicted octanol–water partition coefficient (Wildman–Crippen LogP) is 4.78. The minimum absolute atomic E-state index is 0.0354. The molecule has 136 valence electrons. The van der Waals surface area contributed by atoms with Crippen LogP contribution < -0.4 is 0 Å². The summed E-state index contributed by atoms with van der Waals surface area (Å²) in [5, 5.41) is 0.490. The lowest BCUT2D eigenvalue weighted by Crippen LogP contribution is -2.43. The number of carbonyl (C=O) groups excluding carboxylic acids is 2. The maximum Gasteiger partial charge on any atom is 0.444 e. The first-order valence-electron chi connectivity index (χ1n) is 7.73. The number of hydrogen-bond acceptors (Lipinski definition) is 5. The summed E-state index contributed by atoms with van der Waals surface area (Å²) in [6.45, 7) is 15.7. The van der Waals surface area contributed by atoms with Crippen LogP contribution in [0.25, 0.3) is 0 Å². The maximum atomic E-state index is 12.2. The monoisotopic (exact) mass is 339 g/mol. The van der Waals surface area contributed by atoms with Crippen molar-refractivity contribution in [3.63, 3.8) is 0 Å². The molecule has 0 bridgehead atoms. The van der Waals surface area contributed by atoms with E-state index in [0.29, 0.717) is 10.6 Å². The Morgan fingerprint density at radius 1 is 1.00 bits per heavy atom. The summed E-state index contributed by atoms with van der Waals surface area (Å²) in [6.07, 6.45) is 5.09. The third-order valence-electron chi connectivity index (χ3n) is 2.24. The van der Waals surface area contributed by atoms with Gasteiger partial charge in [-0.15, -0.1) is 0 Å². The van der Waals surface area contributed by atoms with Crippen molar-refractivity contribution >= 4 is 12.2 Å². The molecule has 0 unspecified atom stereocenters. The van der Waals surface area contributed by atoms with Crippen molar-refractivity contribution in [3.8, 4) is 0 Å². The van der Waals surface area contributed by atoms with E-state index >= 15 is 0 Å². The van der Waals surface area contributed by atoms with E-state index in [1.54, 1.807) is 59.8 Å². The van der Waals surface area contributed by atoms with Crippen LogP contribution in [0, 0.1) is 0 Å². The van der Waals surface area contributed by atoms with Gasteiger partial charge in [0.25, 0.3) is 0 Å². The van der Waals surface area contributed by atoms with Crippen LogP contribution in [0.1, 0.15) is 48.5 Å². The summed E-state index contributed by atoms with van der Waals surface area (Å²) in [7, 11) is 0. The summed E-state index contributed by atoms with van der Waals surface area (Å²) in [5.74, 6) is 0. The fourth-order valence-electron chi connectivity index (χ4n) is 1.32. The van der Waals surface area contributed by atoms with Gasteiger partial charge in [-0.05, 0) is 54.0 Å². The number of hydroxylamine groups is 2. The third-order valence-corrected chi connectivity index (χ3v) is 2.24. The summed E-state index contributed by atoms with van der Waals surface area (Å²) in [6, 6.07) is 0. The molecule has 24 heavy (non-hydrogen) atoms. The van der Waals surface area contributed by atoms with Crippen LogP contribution in [-0.2, 0) is 14.3 Å². The zero-order valence-electron chi connectivity index (χ0n) is 15.7. The van der Waals surface area contributed by atoms with Crippen LogP contribution >= 0.6 is 0 Å². The van der Waals surface area contributed by atoms with E-state index in [-0.39, 0.29) is 6.61 Å². The van der Waals surface area contributed by atoms with Crippen molar-refractivity contribution < 1.29 is 23.9 Å². The number of carbonyl (C=O) groups is 2.